The molecule has 0 saturated carbocycles. The summed E-state index contributed by atoms with van der Waals surface area (Å²) in [5.41, 5.74) is 0.945. The maximum absolute atomic E-state index is 5.65. The number of hydrogen-bond donors (Lipinski definition) is 2. The standard InChI is InChI=1S/C19H34N4O3/c1-5-20-19(22-10-7-11-25-15-16(2)3)23-14-17-8-6-9-21-18(17)26-13-12-24-4/h6,8-9,16H,5,7,10-15H2,1-4H3,(H2,20,22,23). The number of hydrogen-bond acceptors (Lipinski definition) is 5. The van der Waals surface area contributed by atoms with Crippen LogP contribution in [0.5, 0.6) is 5.88 Å². The topological polar surface area (TPSA) is 77.0 Å². The SMILES string of the molecule is CCNC(=NCc1cccnc1OCCOC)NCCCOCC(C)C. The highest BCUT2D eigenvalue weighted by molar-refractivity contribution is 5.79. The first-order valence-electron chi connectivity index (χ1n) is 9.32. The molecule has 0 atom stereocenters. The van der Waals surface area contributed by atoms with E-state index in [0.29, 0.717) is 31.6 Å². The van der Waals surface area contributed by atoms with Crippen molar-refractivity contribution in [3.63, 3.8) is 0 Å². The average molecular weight is 367 g/mol. The fraction of sp³-hybridized carbons (Fsp3) is 0.684. The number of guanidine groups is 1. The lowest BCUT2D eigenvalue weighted by atomic mass is 10.2. The molecule has 0 aliphatic carbocycles. The summed E-state index contributed by atoms with van der Waals surface area (Å²) < 4.78 is 16.3. The zero-order valence-electron chi connectivity index (χ0n) is 16.6. The Kier molecular flexibility index (Phi) is 12.2. The van der Waals surface area contributed by atoms with Crippen molar-refractivity contribution in [2.75, 3.05) is 46.6 Å². The molecule has 7 heteroatoms. The van der Waals surface area contributed by atoms with Gasteiger partial charge < -0.3 is 24.8 Å². The molecule has 148 valence electrons. The van der Waals surface area contributed by atoms with E-state index in [9.17, 15) is 0 Å². The van der Waals surface area contributed by atoms with Gasteiger partial charge in [-0.2, -0.15) is 0 Å². The van der Waals surface area contributed by atoms with Gasteiger partial charge in [0.15, 0.2) is 5.96 Å². The van der Waals surface area contributed by atoms with Gasteiger partial charge in [-0.15, -0.1) is 0 Å². The van der Waals surface area contributed by atoms with Crippen molar-refractivity contribution in [1.82, 2.24) is 15.6 Å². The van der Waals surface area contributed by atoms with Crippen LogP contribution in [-0.4, -0.2) is 57.6 Å². The van der Waals surface area contributed by atoms with Crippen LogP contribution in [0.4, 0.5) is 0 Å². The minimum absolute atomic E-state index is 0.471. The second kappa shape index (κ2) is 14.3. The summed E-state index contributed by atoms with van der Waals surface area (Å²) in [6.45, 7) is 11.0. The molecule has 2 N–H and O–H groups in total. The first-order chi connectivity index (χ1) is 12.7. The number of aliphatic imine (C=N–C) groups is 1. The summed E-state index contributed by atoms with van der Waals surface area (Å²) in [5.74, 6) is 1.95. The van der Waals surface area contributed by atoms with Gasteiger partial charge >= 0.3 is 0 Å². The van der Waals surface area contributed by atoms with Crippen LogP contribution in [0.3, 0.4) is 0 Å². The van der Waals surface area contributed by atoms with Gasteiger partial charge in [0.1, 0.15) is 6.61 Å². The molecular weight excluding hydrogens is 332 g/mol. The summed E-state index contributed by atoms with van der Waals surface area (Å²) in [5, 5.41) is 6.58. The Labute approximate surface area is 157 Å². The monoisotopic (exact) mass is 366 g/mol. The fourth-order valence-corrected chi connectivity index (χ4v) is 2.10. The zero-order valence-corrected chi connectivity index (χ0v) is 16.6. The Morgan fingerprint density at radius 2 is 2.08 bits per heavy atom. The van der Waals surface area contributed by atoms with Gasteiger partial charge in [0.05, 0.1) is 13.2 Å². The van der Waals surface area contributed by atoms with E-state index in [2.05, 4.69) is 34.5 Å². The molecule has 0 aliphatic heterocycles. The Hall–Kier alpha value is -1.86. The molecule has 0 aromatic carbocycles. The van der Waals surface area contributed by atoms with E-state index in [1.54, 1.807) is 13.3 Å². The number of nitrogens with zero attached hydrogens (tertiary/aromatic N) is 2. The van der Waals surface area contributed by atoms with Crippen LogP contribution in [0.15, 0.2) is 23.3 Å². The second-order valence-electron chi connectivity index (χ2n) is 6.25. The van der Waals surface area contributed by atoms with E-state index in [0.717, 1.165) is 44.2 Å². The molecule has 1 rings (SSSR count). The van der Waals surface area contributed by atoms with Crippen molar-refractivity contribution in [2.45, 2.75) is 33.7 Å². The number of ether oxygens (including phenoxy) is 3. The van der Waals surface area contributed by atoms with Gasteiger partial charge in [-0.25, -0.2) is 9.98 Å². The fourth-order valence-electron chi connectivity index (χ4n) is 2.10. The van der Waals surface area contributed by atoms with Crippen molar-refractivity contribution in [1.29, 1.82) is 0 Å². The van der Waals surface area contributed by atoms with Crippen LogP contribution >= 0.6 is 0 Å². The van der Waals surface area contributed by atoms with Gasteiger partial charge in [-0.1, -0.05) is 19.9 Å². The Morgan fingerprint density at radius 1 is 1.23 bits per heavy atom. The third-order valence-corrected chi connectivity index (χ3v) is 3.34. The van der Waals surface area contributed by atoms with Crippen LogP contribution in [0.25, 0.3) is 0 Å². The molecule has 0 bridgehead atoms. The van der Waals surface area contributed by atoms with Crippen molar-refractivity contribution in [3.8, 4) is 5.88 Å². The quantitative estimate of drug-likeness (QED) is 0.317. The highest BCUT2D eigenvalue weighted by atomic mass is 16.5. The first kappa shape index (κ1) is 22.2. The summed E-state index contributed by atoms with van der Waals surface area (Å²) in [6, 6.07) is 3.86. The lowest BCUT2D eigenvalue weighted by molar-refractivity contribution is 0.108. The van der Waals surface area contributed by atoms with Gasteiger partial charge in [-0.05, 0) is 25.3 Å². The molecule has 0 fully saturated rings. The largest absolute Gasteiger partial charge is 0.475 e. The number of nitrogens with one attached hydrogen (secondary N) is 2. The maximum atomic E-state index is 5.65. The normalized spacial score (nSPS) is 11.7. The van der Waals surface area contributed by atoms with Crippen molar-refractivity contribution in [2.24, 2.45) is 10.9 Å². The van der Waals surface area contributed by atoms with Gasteiger partial charge in [0.2, 0.25) is 5.88 Å². The van der Waals surface area contributed by atoms with E-state index < -0.39 is 0 Å². The van der Waals surface area contributed by atoms with Crippen LogP contribution in [0.2, 0.25) is 0 Å². The minimum Gasteiger partial charge on any atom is -0.475 e. The minimum atomic E-state index is 0.471. The Morgan fingerprint density at radius 3 is 2.81 bits per heavy atom. The number of methoxy groups -OCH3 is 1. The highest BCUT2D eigenvalue weighted by Crippen LogP contribution is 2.15. The third-order valence-electron chi connectivity index (χ3n) is 3.34. The van der Waals surface area contributed by atoms with E-state index in [1.165, 1.54) is 0 Å². The molecule has 0 radical (unpaired) electrons. The number of rotatable bonds is 13. The van der Waals surface area contributed by atoms with Gasteiger partial charge in [0, 0.05) is 45.2 Å². The Balaban J connectivity index is 2.47. The van der Waals surface area contributed by atoms with E-state index in [4.69, 9.17) is 14.2 Å². The lowest BCUT2D eigenvalue weighted by Gasteiger charge is -2.13. The Bertz CT molecular complexity index is 509. The molecular formula is C19H34N4O3. The number of pyridine rings is 1. The highest BCUT2D eigenvalue weighted by Gasteiger charge is 2.05. The molecule has 0 spiro atoms. The lowest BCUT2D eigenvalue weighted by Crippen LogP contribution is -2.38. The first-order valence-corrected chi connectivity index (χ1v) is 9.32. The zero-order chi connectivity index (χ0) is 19.0. The number of aromatic nitrogens is 1. The summed E-state index contributed by atoms with van der Waals surface area (Å²) in [7, 11) is 1.65. The molecule has 7 nitrogen and oxygen atoms in total. The van der Waals surface area contributed by atoms with Crippen LogP contribution in [0.1, 0.15) is 32.8 Å². The molecule has 1 aromatic heterocycles. The van der Waals surface area contributed by atoms with E-state index in [1.807, 2.05) is 19.1 Å². The molecule has 0 unspecified atom stereocenters. The van der Waals surface area contributed by atoms with Gasteiger partial charge in [-0.3, -0.25) is 0 Å². The van der Waals surface area contributed by atoms with Crippen molar-refractivity contribution in [3.05, 3.63) is 23.9 Å². The van der Waals surface area contributed by atoms with Crippen LogP contribution in [0, 0.1) is 5.92 Å². The molecule has 1 aromatic rings. The van der Waals surface area contributed by atoms with Crippen LogP contribution < -0.4 is 15.4 Å². The van der Waals surface area contributed by atoms with Crippen LogP contribution in [-0.2, 0) is 16.0 Å². The summed E-state index contributed by atoms with van der Waals surface area (Å²) in [6.07, 6.45) is 2.66. The molecule has 0 aliphatic rings. The van der Waals surface area contributed by atoms with E-state index >= 15 is 0 Å². The maximum Gasteiger partial charge on any atom is 0.218 e. The summed E-state index contributed by atoms with van der Waals surface area (Å²) >= 11 is 0. The van der Waals surface area contributed by atoms with Crippen molar-refractivity contribution < 1.29 is 14.2 Å². The second-order valence-corrected chi connectivity index (χ2v) is 6.25. The molecule has 0 amide bonds. The average Bonchev–Trinajstić information content (AvgIpc) is 2.63. The van der Waals surface area contributed by atoms with Gasteiger partial charge in [0.25, 0.3) is 0 Å². The van der Waals surface area contributed by atoms with E-state index in [-0.39, 0.29) is 0 Å². The molecule has 26 heavy (non-hydrogen) atoms. The molecule has 0 saturated heterocycles. The third kappa shape index (κ3) is 10.2. The molecule has 1 heterocycles. The van der Waals surface area contributed by atoms with Crippen molar-refractivity contribution >= 4 is 5.96 Å². The predicted octanol–water partition coefficient (Wildman–Crippen LogP) is 2.22. The summed E-state index contributed by atoms with van der Waals surface area (Å²) in [4.78, 5) is 8.90. The smallest absolute Gasteiger partial charge is 0.218 e. The predicted molar refractivity (Wildman–Crippen MR) is 105 cm³/mol.